The Labute approximate surface area is 98.6 Å². The van der Waals surface area contributed by atoms with Crippen LogP contribution < -0.4 is 11.1 Å². The fourth-order valence-electron chi connectivity index (χ4n) is 1.29. The van der Waals surface area contributed by atoms with Crippen molar-refractivity contribution in [1.82, 2.24) is 5.32 Å². The van der Waals surface area contributed by atoms with E-state index in [4.69, 9.17) is 5.73 Å². The molecule has 0 aromatic rings. The summed E-state index contributed by atoms with van der Waals surface area (Å²) < 4.78 is 0. The van der Waals surface area contributed by atoms with Gasteiger partial charge in [-0.3, -0.25) is 4.79 Å². The highest BCUT2D eigenvalue weighted by Crippen LogP contribution is 2.07. The van der Waals surface area contributed by atoms with Crippen LogP contribution in [0.5, 0.6) is 0 Å². The number of nitrogens with one attached hydrogen (secondary N) is 1. The Morgan fingerprint density at radius 2 is 1.94 bits per heavy atom. The van der Waals surface area contributed by atoms with Gasteiger partial charge in [0.15, 0.2) is 0 Å². The number of rotatable bonds is 9. The monoisotopic (exact) mass is 230 g/mol. The van der Waals surface area contributed by atoms with Gasteiger partial charge in [0.2, 0.25) is 5.91 Å². The van der Waals surface area contributed by atoms with E-state index in [1.54, 1.807) is 6.92 Å². The van der Waals surface area contributed by atoms with Crippen molar-refractivity contribution in [2.75, 3.05) is 13.1 Å². The number of unbranched alkanes of at least 4 members (excludes halogenated alkanes) is 3. The number of amides is 1. The summed E-state index contributed by atoms with van der Waals surface area (Å²) in [6, 6.07) is 0. The van der Waals surface area contributed by atoms with Crippen molar-refractivity contribution in [1.29, 1.82) is 0 Å². The zero-order valence-corrected chi connectivity index (χ0v) is 10.6. The smallest absolute Gasteiger partial charge is 0.220 e. The van der Waals surface area contributed by atoms with Gasteiger partial charge < -0.3 is 16.2 Å². The molecule has 1 unspecified atom stereocenters. The van der Waals surface area contributed by atoms with Gasteiger partial charge in [0.25, 0.3) is 0 Å². The van der Waals surface area contributed by atoms with Gasteiger partial charge in [-0.15, -0.1) is 0 Å². The molecule has 4 N–H and O–H groups in total. The SMILES string of the molecule is CCC(C)(O)CNC(=O)CCCCCCN. The van der Waals surface area contributed by atoms with E-state index in [2.05, 4.69) is 5.32 Å². The average Bonchev–Trinajstić information content (AvgIpc) is 2.26. The molecule has 0 aromatic heterocycles. The van der Waals surface area contributed by atoms with Crippen LogP contribution in [0.25, 0.3) is 0 Å². The third kappa shape index (κ3) is 8.68. The molecular weight excluding hydrogens is 204 g/mol. The van der Waals surface area contributed by atoms with E-state index in [-0.39, 0.29) is 5.91 Å². The predicted molar refractivity (Wildman–Crippen MR) is 66.1 cm³/mol. The van der Waals surface area contributed by atoms with Crippen LogP contribution in [-0.2, 0) is 4.79 Å². The molecule has 1 amide bonds. The van der Waals surface area contributed by atoms with Crippen LogP contribution in [0.1, 0.15) is 52.4 Å². The summed E-state index contributed by atoms with van der Waals surface area (Å²) in [5, 5.41) is 12.4. The van der Waals surface area contributed by atoms with Gasteiger partial charge in [0.1, 0.15) is 0 Å². The summed E-state index contributed by atoms with van der Waals surface area (Å²) in [7, 11) is 0. The van der Waals surface area contributed by atoms with Crippen molar-refractivity contribution >= 4 is 5.91 Å². The zero-order chi connectivity index (χ0) is 12.4. The summed E-state index contributed by atoms with van der Waals surface area (Å²) in [6.07, 6.45) is 5.27. The average molecular weight is 230 g/mol. The summed E-state index contributed by atoms with van der Waals surface area (Å²) in [4.78, 5) is 11.4. The van der Waals surface area contributed by atoms with Crippen LogP contribution in [0.3, 0.4) is 0 Å². The van der Waals surface area contributed by atoms with Gasteiger partial charge >= 0.3 is 0 Å². The highest BCUT2D eigenvalue weighted by atomic mass is 16.3. The minimum atomic E-state index is -0.783. The first-order chi connectivity index (χ1) is 7.52. The summed E-state index contributed by atoms with van der Waals surface area (Å²) in [5.41, 5.74) is 4.59. The molecule has 0 bridgehead atoms. The van der Waals surface area contributed by atoms with Gasteiger partial charge in [-0.25, -0.2) is 0 Å². The van der Waals surface area contributed by atoms with Crippen molar-refractivity contribution in [2.45, 2.75) is 58.0 Å². The van der Waals surface area contributed by atoms with E-state index >= 15 is 0 Å². The van der Waals surface area contributed by atoms with Crippen LogP contribution in [0.2, 0.25) is 0 Å². The molecule has 0 radical (unpaired) electrons. The Hall–Kier alpha value is -0.610. The van der Waals surface area contributed by atoms with Crippen LogP contribution in [0.15, 0.2) is 0 Å². The number of hydrogen-bond donors (Lipinski definition) is 3. The molecule has 1 atom stereocenters. The maximum atomic E-state index is 11.4. The Morgan fingerprint density at radius 3 is 2.50 bits per heavy atom. The first kappa shape index (κ1) is 15.4. The quantitative estimate of drug-likeness (QED) is 0.520. The molecule has 96 valence electrons. The highest BCUT2D eigenvalue weighted by molar-refractivity contribution is 5.75. The molecule has 0 heterocycles. The molecule has 0 aliphatic heterocycles. The second-order valence-corrected chi connectivity index (χ2v) is 4.58. The number of hydrogen-bond acceptors (Lipinski definition) is 3. The van der Waals surface area contributed by atoms with Gasteiger partial charge in [-0.05, 0) is 32.7 Å². The Kier molecular flexibility index (Phi) is 8.21. The van der Waals surface area contributed by atoms with E-state index in [1.807, 2.05) is 6.92 Å². The maximum Gasteiger partial charge on any atom is 0.220 e. The van der Waals surface area contributed by atoms with Crippen LogP contribution in [-0.4, -0.2) is 29.7 Å². The Balaban J connectivity index is 3.45. The fraction of sp³-hybridized carbons (Fsp3) is 0.917. The molecule has 0 saturated carbocycles. The maximum absolute atomic E-state index is 11.4. The molecule has 4 heteroatoms. The van der Waals surface area contributed by atoms with E-state index in [0.29, 0.717) is 19.4 Å². The molecule has 0 rings (SSSR count). The number of aliphatic hydroxyl groups is 1. The number of carbonyl (C=O) groups is 1. The minimum Gasteiger partial charge on any atom is -0.388 e. The van der Waals surface area contributed by atoms with E-state index in [9.17, 15) is 9.90 Å². The normalized spacial score (nSPS) is 14.5. The van der Waals surface area contributed by atoms with Crippen molar-refractivity contribution < 1.29 is 9.90 Å². The van der Waals surface area contributed by atoms with E-state index in [1.165, 1.54) is 0 Å². The largest absolute Gasteiger partial charge is 0.388 e. The topological polar surface area (TPSA) is 75.3 Å². The van der Waals surface area contributed by atoms with E-state index in [0.717, 1.165) is 32.2 Å². The molecule has 0 aromatic carbocycles. The predicted octanol–water partition coefficient (Wildman–Crippen LogP) is 1.17. The lowest BCUT2D eigenvalue weighted by atomic mass is 10.0. The third-order valence-electron chi connectivity index (χ3n) is 2.79. The molecule has 4 nitrogen and oxygen atoms in total. The summed E-state index contributed by atoms with van der Waals surface area (Å²) >= 11 is 0. The molecular formula is C12H26N2O2. The third-order valence-corrected chi connectivity index (χ3v) is 2.79. The first-order valence-electron chi connectivity index (χ1n) is 6.21. The van der Waals surface area contributed by atoms with Gasteiger partial charge in [0.05, 0.1) is 5.60 Å². The van der Waals surface area contributed by atoms with Gasteiger partial charge in [-0.2, -0.15) is 0 Å². The lowest BCUT2D eigenvalue weighted by Gasteiger charge is -2.21. The second kappa shape index (κ2) is 8.53. The van der Waals surface area contributed by atoms with Crippen molar-refractivity contribution in [3.63, 3.8) is 0 Å². The van der Waals surface area contributed by atoms with Crippen molar-refractivity contribution in [2.24, 2.45) is 5.73 Å². The molecule has 0 aliphatic rings. The van der Waals surface area contributed by atoms with Gasteiger partial charge in [-0.1, -0.05) is 19.8 Å². The summed E-state index contributed by atoms with van der Waals surface area (Å²) in [5.74, 6) is 0.0291. The zero-order valence-electron chi connectivity index (χ0n) is 10.6. The minimum absolute atomic E-state index is 0.0291. The van der Waals surface area contributed by atoms with Crippen LogP contribution in [0.4, 0.5) is 0 Å². The number of carbonyl (C=O) groups excluding carboxylic acids is 1. The molecule has 16 heavy (non-hydrogen) atoms. The molecule has 0 spiro atoms. The lowest BCUT2D eigenvalue weighted by molar-refractivity contribution is -0.122. The van der Waals surface area contributed by atoms with Crippen molar-refractivity contribution in [3.05, 3.63) is 0 Å². The molecule has 0 aliphatic carbocycles. The number of nitrogens with two attached hydrogens (primary N) is 1. The van der Waals surface area contributed by atoms with Crippen molar-refractivity contribution in [3.8, 4) is 0 Å². The van der Waals surface area contributed by atoms with E-state index < -0.39 is 5.60 Å². The van der Waals surface area contributed by atoms with Crippen LogP contribution in [0, 0.1) is 0 Å². The first-order valence-corrected chi connectivity index (χ1v) is 6.21. The molecule has 0 fully saturated rings. The van der Waals surface area contributed by atoms with Crippen LogP contribution >= 0.6 is 0 Å². The highest BCUT2D eigenvalue weighted by Gasteiger charge is 2.17. The van der Waals surface area contributed by atoms with Gasteiger partial charge in [0, 0.05) is 13.0 Å². The Morgan fingerprint density at radius 1 is 1.31 bits per heavy atom. The molecule has 0 saturated heterocycles. The lowest BCUT2D eigenvalue weighted by Crippen LogP contribution is -2.39. The fourth-order valence-corrected chi connectivity index (χ4v) is 1.29. The Bertz CT molecular complexity index is 193. The second-order valence-electron chi connectivity index (χ2n) is 4.58. The summed E-state index contributed by atoms with van der Waals surface area (Å²) in [6.45, 7) is 4.70. The standard InChI is InChI=1S/C12H26N2O2/c1-3-12(2,16)10-14-11(15)8-6-4-5-7-9-13/h16H,3-10,13H2,1-2H3,(H,14,15).